The van der Waals surface area contributed by atoms with Gasteiger partial charge in [0.05, 0.1) is 22.2 Å². The first kappa shape index (κ1) is 20.1. The number of nitrogens with zero attached hydrogens (tertiary/aromatic N) is 4. The van der Waals surface area contributed by atoms with Crippen molar-refractivity contribution >= 4 is 54.3 Å². The van der Waals surface area contributed by atoms with Crippen molar-refractivity contribution in [3.05, 3.63) is 122 Å². The molecule has 0 fully saturated rings. The van der Waals surface area contributed by atoms with Crippen molar-refractivity contribution in [2.45, 2.75) is 0 Å². The molecule has 8 rings (SSSR count). The Morgan fingerprint density at radius 2 is 1.27 bits per heavy atom. The Labute approximate surface area is 212 Å². The molecule has 0 aliphatic rings. The number of pyridine rings is 1. The van der Waals surface area contributed by atoms with Crippen LogP contribution in [0.4, 0.5) is 0 Å². The third-order valence-corrected chi connectivity index (χ3v) is 7.25. The van der Waals surface area contributed by atoms with Gasteiger partial charge >= 0.3 is 0 Å². The van der Waals surface area contributed by atoms with Crippen LogP contribution in [0.3, 0.4) is 0 Å². The maximum Gasteiger partial charge on any atom is 0.235 e. The van der Waals surface area contributed by atoms with Gasteiger partial charge in [0.2, 0.25) is 5.95 Å². The molecule has 0 aliphatic carbocycles. The quantitative estimate of drug-likeness (QED) is 0.239. The first-order valence-corrected chi connectivity index (χ1v) is 12.4. The van der Waals surface area contributed by atoms with Crippen LogP contribution in [0.1, 0.15) is 0 Å². The van der Waals surface area contributed by atoms with E-state index in [0.29, 0.717) is 5.95 Å². The Morgan fingerprint density at radius 3 is 2.11 bits per heavy atom. The minimum Gasteiger partial charge on any atom is -0.278 e. The summed E-state index contributed by atoms with van der Waals surface area (Å²) in [5.74, 6) is 0.657. The van der Waals surface area contributed by atoms with E-state index in [9.17, 15) is 0 Å². The van der Waals surface area contributed by atoms with Crippen LogP contribution in [0.25, 0.3) is 71.5 Å². The second-order valence-electron chi connectivity index (χ2n) is 9.37. The number of fused-ring (bicyclic) bond motifs is 7. The fraction of sp³-hybridized carbons (Fsp3) is 0. The zero-order valence-electron chi connectivity index (χ0n) is 19.8. The van der Waals surface area contributed by atoms with Crippen molar-refractivity contribution in [2.24, 2.45) is 0 Å². The Morgan fingerprint density at radius 1 is 0.514 bits per heavy atom. The molecule has 0 atom stereocenters. The van der Waals surface area contributed by atoms with Gasteiger partial charge in [0.1, 0.15) is 0 Å². The number of para-hydroxylation sites is 1. The van der Waals surface area contributed by atoms with Crippen LogP contribution in [-0.2, 0) is 0 Å². The molecule has 0 amide bonds. The first-order valence-electron chi connectivity index (χ1n) is 12.4. The summed E-state index contributed by atoms with van der Waals surface area (Å²) < 4.78 is 2.21. The van der Waals surface area contributed by atoms with Crippen LogP contribution in [-0.4, -0.2) is 19.5 Å². The van der Waals surface area contributed by atoms with Gasteiger partial charge in [0.25, 0.3) is 0 Å². The lowest BCUT2D eigenvalue weighted by Gasteiger charge is -2.13. The summed E-state index contributed by atoms with van der Waals surface area (Å²) in [7, 11) is 0. The lowest BCUT2D eigenvalue weighted by atomic mass is 10.0. The Hall–Kier alpha value is -5.09. The molecule has 0 N–H and O–H groups in total. The molecule has 3 aromatic heterocycles. The second-order valence-corrected chi connectivity index (χ2v) is 9.37. The van der Waals surface area contributed by atoms with E-state index in [1.807, 2.05) is 12.3 Å². The van der Waals surface area contributed by atoms with Gasteiger partial charge in [0.15, 0.2) is 0 Å². The molecule has 0 unspecified atom stereocenters. The molecule has 5 aromatic carbocycles. The molecule has 0 saturated heterocycles. The van der Waals surface area contributed by atoms with Crippen molar-refractivity contribution in [3.8, 4) is 17.2 Å². The van der Waals surface area contributed by atoms with Crippen molar-refractivity contribution in [3.63, 3.8) is 0 Å². The number of benzene rings is 5. The molecular formula is C33H20N4. The maximum atomic E-state index is 5.24. The van der Waals surface area contributed by atoms with E-state index in [1.54, 1.807) is 6.20 Å². The number of hydrogen-bond donors (Lipinski definition) is 0. The Bertz CT molecular complexity index is 2140. The number of hydrogen-bond acceptors (Lipinski definition) is 3. The molecule has 0 bridgehead atoms. The van der Waals surface area contributed by atoms with Gasteiger partial charge in [-0.25, -0.2) is 9.97 Å². The number of aromatic nitrogens is 4. The lowest BCUT2D eigenvalue weighted by Crippen LogP contribution is -2.04. The van der Waals surface area contributed by atoms with Gasteiger partial charge in [-0.05, 0) is 52.6 Å². The average molecular weight is 473 g/mol. The lowest BCUT2D eigenvalue weighted by molar-refractivity contribution is 1.01. The highest BCUT2D eigenvalue weighted by Gasteiger charge is 2.18. The molecule has 0 saturated carbocycles. The largest absolute Gasteiger partial charge is 0.278 e. The Kier molecular flexibility index (Phi) is 4.19. The standard InChI is InChI=1S/C33H20N4/c1-2-10-23-19-30-28(18-22(23)9-1)26-13-5-6-14-29(26)37(30)33-35-31(24-11-7-17-34-20-24)27-16-15-21-8-3-4-12-25(21)32(27)36-33/h1-20H. The van der Waals surface area contributed by atoms with Gasteiger partial charge in [0, 0.05) is 39.5 Å². The minimum atomic E-state index is 0.657. The molecule has 0 radical (unpaired) electrons. The summed E-state index contributed by atoms with van der Waals surface area (Å²) in [5.41, 5.74) is 4.97. The molecule has 37 heavy (non-hydrogen) atoms. The van der Waals surface area contributed by atoms with Crippen LogP contribution in [0.5, 0.6) is 0 Å². The molecule has 0 aliphatic heterocycles. The SMILES string of the molecule is c1cncc(-c2nc(-n3c4ccccc4c4cc5ccccc5cc43)nc3c2ccc2ccccc23)c1. The first-order chi connectivity index (χ1) is 18.3. The normalized spacial score (nSPS) is 11.8. The van der Waals surface area contributed by atoms with Crippen LogP contribution in [0.15, 0.2) is 122 Å². The molecule has 8 aromatic rings. The van der Waals surface area contributed by atoms with E-state index in [1.165, 1.54) is 21.5 Å². The fourth-order valence-corrected chi connectivity index (χ4v) is 5.55. The van der Waals surface area contributed by atoms with Crippen molar-refractivity contribution in [1.29, 1.82) is 0 Å². The van der Waals surface area contributed by atoms with E-state index in [4.69, 9.17) is 9.97 Å². The average Bonchev–Trinajstić information content (AvgIpc) is 3.29. The van der Waals surface area contributed by atoms with Crippen molar-refractivity contribution < 1.29 is 0 Å². The van der Waals surface area contributed by atoms with E-state index in [2.05, 4.69) is 113 Å². The van der Waals surface area contributed by atoms with Crippen molar-refractivity contribution in [2.75, 3.05) is 0 Å². The Balaban J connectivity index is 1.56. The molecule has 4 nitrogen and oxygen atoms in total. The topological polar surface area (TPSA) is 43.6 Å². The van der Waals surface area contributed by atoms with E-state index in [0.717, 1.165) is 44.0 Å². The molecule has 3 heterocycles. The highest BCUT2D eigenvalue weighted by Crippen LogP contribution is 2.36. The van der Waals surface area contributed by atoms with Gasteiger partial charge in [-0.3, -0.25) is 9.55 Å². The van der Waals surface area contributed by atoms with Crippen LogP contribution >= 0.6 is 0 Å². The fourth-order valence-electron chi connectivity index (χ4n) is 5.55. The van der Waals surface area contributed by atoms with E-state index >= 15 is 0 Å². The van der Waals surface area contributed by atoms with Gasteiger partial charge in [-0.1, -0.05) is 72.8 Å². The van der Waals surface area contributed by atoms with Crippen LogP contribution < -0.4 is 0 Å². The predicted molar refractivity (Wildman–Crippen MR) is 152 cm³/mol. The summed E-state index contributed by atoms with van der Waals surface area (Å²) in [5, 5.41) is 8.08. The van der Waals surface area contributed by atoms with Crippen LogP contribution in [0.2, 0.25) is 0 Å². The molecule has 0 spiro atoms. The third kappa shape index (κ3) is 2.99. The van der Waals surface area contributed by atoms with Gasteiger partial charge in [-0.15, -0.1) is 0 Å². The summed E-state index contributed by atoms with van der Waals surface area (Å²) in [4.78, 5) is 14.8. The monoisotopic (exact) mass is 472 g/mol. The van der Waals surface area contributed by atoms with Gasteiger partial charge in [-0.2, -0.15) is 0 Å². The second kappa shape index (κ2) is 7.70. The molecule has 172 valence electrons. The summed E-state index contributed by atoms with van der Waals surface area (Å²) in [6.45, 7) is 0. The highest BCUT2D eigenvalue weighted by atomic mass is 15.2. The van der Waals surface area contributed by atoms with Crippen LogP contribution in [0, 0.1) is 0 Å². The summed E-state index contributed by atoms with van der Waals surface area (Å²) in [6.07, 6.45) is 3.67. The number of rotatable bonds is 2. The highest BCUT2D eigenvalue weighted by molar-refractivity contribution is 6.14. The zero-order valence-corrected chi connectivity index (χ0v) is 19.8. The van der Waals surface area contributed by atoms with Crippen molar-refractivity contribution in [1.82, 2.24) is 19.5 Å². The molecule has 4 heteroatoms. The predicted octanol–water partition coefficient (Wildman–Crippen LogP) is 8.10. The maximum absolute atomic E-state index is 5.24. The molecular weight excluding hydrogens is 452 g/mol. The smallest absolute Gasteiger partial charge is 0.235 e. The summed E-state index contributed by atoms with van der Waals surface area (Å²) in [6, 6.07) is 38.2. The van der Waals surface area contributed by atoms with Gasteiger partial charge < -0.3 is 0 Å². The minimum absolute atomic E-state index is 0.657. The third-order valence-electron chi connectivity index (χ3n) is 7.25. The van der Waals surface area contributed by atoms with E-state index < -0.39 is 0 Å². The van der Waals surface area contributed by atoms with E-state index in [-0.39, 0.29) is 0 Å². The zero-order chi connectivity index (χ0) is 24.3. The summed E-state index contributed by atoms with van der Waals surface area (Å²) >= 11 is 0.